The molecule has 1 aliphatic rings. The molecule has 0 spiro atoms. The van der Waals surface area contributed by atoms with Gasteiger partial charge < -0.3 is 20.4 Å². The fraction of sp³-hybridized carbons (Fsp3) is 0.857. The van der Waals surface area contributed by atoms with E-state index in [4.69, 9.17) is 10.4 Å². The summed E-state index contributed by atoms with van der Waals surface area (Å²) in [7, 11) is 0. The number of likely N-dealkylation sites (tertiary alicyclic amines) is 1. The predicted octanol–water partition coefficient (Wildman–Crippen LogP) is -2.77. The van der Waals surface area contributed by atoms with Crippen LogP contribution >= 0.6 is 0 Å². The summed E-state index contributed by atoms with van der Waals surface area (Å²) in [6, 6.07) is -0.830. The quantitative estimate of drug-likeness (QED) is 0.332. The smallest absolute Gasteiger partial charge is 0.179 e. The maximum atomic E-state index is 9.35. The van der Waals surface area contributed by atoms with Gasteiger partial charge in [0.1, 0.15) is 18.3 Å². The van der Waals surface area contributed by atoms with Gasteiger partial charge in [0.25, 0.3) is 0 Å². The fourth-order valence-electron chi connectivity index (χ4n) is 1.41. The average molecular weight is 188 g/mol. The van der Waals surface area contributed by atoms with Gasteiger partial charge in [0.05, 0.1) is 19.2 Å². The van der Waals surface area contributed by atoms with Crippen LogP contribution in [0.4, 0.5) is 0 Å². The van der Waals surface area contributed by atoms with Gasteiger partial charge in [0.2, 0.25) is 0 Å². The molecule has 4 unspecified atom stereocenters. The molecular weight excluding hydrogens is 176 g/mol. The number of nitrogens with zero attached hydrogens (tertiary/aromatic N) is 2. The van der Waals surface area contributed by atoms with Crippen LogP contribution in [0.2, 0.25) is 0 Å². The van der Waals surface area contributed by atoms with Crippen molar-refractivity contribution in [1.29, 1.82) is 5.26 Å². The SMILES string of the molecule is N#CN1CC(O)C(O)C(O)C1CO. The zero-order chi connectivity index (χ0) is 10.0. The van der Waals surface area contributed by atoms with Crippen molar-refractivity contribution in [1.82, 2.24) is 4.90 Å². The highest BCUT2D eigenvalue weighted by Gasteiger charge is 2.40. The Bertz CT molecular complexity index is 217. The predicted molar refractivity (Wildman–Crippen MR) is 41.2 cm³/mol. The summed E-state index contributed by atoms with van der Waals surface area (Å²) < 4.78 is 0. The molecule has 0 radical (unpaired) electrons. The summed E-state index contributed by atoms with van der Waals surface area (Å²) in [5, 5.41) is 45.1. The molecular formula is C7H12N2O4. The van der Waals surface area contributed by atoms with Crippen LogP contribution in [0.25, 0.3) is 0 Å². The molecule has 0 saturated carbocycles. The van der Waals surface area contributed by atoms with Crippen LogP contribution in [-0.2, 0) is 0 Å². The lowest BCUT2D eigenvalue weighted by molar-refractivity contribution is -0.131. The topological polar surface area (TPSA) is 108 Å². The van der Waals surface area contributed by atoms with Crippen LogP contribution in [-0.4, -0.2) is 62.8 Å². The molecule has 6 heteroatoms. The van der Waals surface area contributed by atoms with Crippen molar-refractivity contribution in [2.75, 3.05) is 13.2 Å². The van der Waals surface area contributed by atoms with Crippen LogP contribution in [0.15, 0.2) is 0 Å². The normalized spacial score (nSPS) is 40.1. The fourth-order valence-corrected chi connectivity index (χ4v) is 1.41. The Labute approximate surface area is 75.3 Å². The minimum atomic E-state index is -1.30. The van der Waals surface area contributed by atoms with Crippen LogP contribution in [0, 0.1) is 11.5 Å². The standard InChI is InChI=1S/C7H12N2O4/c8-3-9-1-5(11)7(13)6(12)4(9)2-10/h4-7,10-13H,1-2H2. The molecule has 0 aromatic rings. The van der Waals surface area contributed by atoms with Crippen LogP contribution in [0.3, 0.4) is 0 Å². The molecule has 6 nitrogen and oxygen atoms in total. The number of piperidine rings is 1. The van der Waals surface area contributed by atoms with Gasteiger partial charge in [0, 0.05) is 0 Å². The Kier molecular flexibility index (Phi) is 3.06. The van der Waals surface area contributed by atoms with Gasteiger partial charge in [-0.15, -0.1) is 0 Å². The van der Waals surface area contributed by atoms with Gasteiger partial charge in [-0.05, 0) is 0 Å². The summed E-state index contributed by atoms with van der Waals surface area (Å²) in [6.45, 7) is -0.502. The van der Waals surface area contributed by atoms with E-state index < -0.39 is 31.0 Å². The molecule has 1 rings (SSSR count). The van der Waals surface area contributed by atoms with E-state index >= 15 is 0 Å². The number of hydrogen-bond acceptors (Lipinski definition) is 6. The van der Waals surface area contributed by atoms with Gasteiger partial charge >= 0.3 is 0 Å². The first kappa shape index (κ1) is 10.2. The van der Waals surface area contributed by atoms with Gasteiger partial charge in [-0.25, -0.2) is 0 Å². The highest BCUT2D eigenvalue weighted by Crippen LogP contribution is 2.17. The Morgan fingerprint density at radius 2 is 1.92 bits per heavy atom. The maximum absolute atomic E-state index is 9.35. The van der Waals surface area contributed by atoms with Gasteiger partial charge in [-0.3, -0.25) is 4.90 Å². The minimum absolute atomic E-state index is 0.0695. The van der Waals surface area contributed by atoms with E-state index in [2.05, 4.69) is 0 Å². The Morgan fingerprint density at radius 3 is 2.38 bits per heavy atom. The van der Waals surface area contributed by atoms with Crippen molar-refractivity contribution in [2.24, 2.45) is 0 Å². The molecule has 1 fully saturated rings. The third-order valence-electron chi connectivity index (χ3n) is 2.24. The third kappa shape index (κ3) is 1.73. The first-order valence-corrected chi connectivity index (χ1v) is 3.93. The van der Waals surface area contributed by atoms with E-state index in [-0.39, 0.29) is 6.54 Å². The first-order valence-electron chi connectivity index (χ1n) is 3.93. The van der Waals surface area contributed by atoms with E-state index in [9.17, 15) is 15.3 Å². The molecule has 0 bridgehead atoms. The van der Waals surface area contributed by atoms with Crippen molar-refractivity contribution in [3.05, 3.63) is 0 Å². The lowest BCUT2D eigenvalue weighted by atomic mass is 9.95. The Morgan fingerprint density at radius 1 is 1.31 bits per heavy atom. The molecule has 0 amide bonds. The van der Waals surface area contributed by atoms with E-state index in [1.807, 2.05) is 0 Å². The molecule has 4 atom stereocenters. The monoisotopic (exact) mass is 188 g/mol. The molecule has 0 aromatic heterocycles. The lowest BCUT2D eigenvalue weighted by Gasteiger charge is -2.39. The number of aliphatic hydroxyl groups is 4. The molecule has 13 heavy (non-hydrogen) atoms. The van der Waals surface area contributed by atoms with Crippen LogP contribution < -0.4 is 0 Å². The van der Waals surface area contributed by atoms with E-state index in [1.54, 1.807) is 6.19 Å². The number of β-amino-alcohol motifs (C(OH)–C–C–N with tert-alkyl or cyclic N) is 1. The van der Waals surface area contributed by atoms with Crippen molar-refractivity contribution in [3.8, 4) is 6.19 Å². The summed E-state index contributed by atoms with van der Waals surface area (Å²) in [5.41, 5.74) is 0. The van der Waals surface area contributed by atoms with E-state index in [0.717, 1.165) is 4.90 Å². The molecule has 1 heterocycles. The number of nitriles is 1. The van der Waals surface area contributed by atoms with E-state index in [1.165, 1.54) is 0 Å². The second-order valence-electron chi connectivity index (χ2n) is 3.05. The number of hydrogen-bond donors (Lipinski definition) is 4. The largest absolute Gasteiger partial charge is 0.394 e. The molecule has 4 N–H and O–H groups in total. The molecule has 1 aliphatic heterocycles. The summed E-state index contributed by atoms with van der Waals surface area (Å²) in [6.07, 6.45) is -2.03. The maximum Gasteiger partial charge on any atom is 0.179 e. The van der Waals surface area contributed by atoms with Gasteiger partial charge in [-0.1, -0.05) is 0 Å². The third-order valence-corrected chi connectivity index (χ3v) is 2.24. The molecule has 1 saturated heterocycles. The van der Waals surface area contributed by atoms with Crippen molar-refractivity contribution < 1.29 is 20.4 Å². The second kappa shape index (κ2) is 3.89. The second-order valence-corrected chi connectivity index (χ2v) is 3.05. The Hall–Kier alpha value is -0.870. The average Bonchev–Trinajstić information content (AvgIpc) is 2.13. The van der Waals surface area contributed by atoms with Crippen molar-refractivity contribution in [2.45, 2.75) is 24.4 Å². The summed E-state index contributed by atoms with van der Waals surface area (Å²) in [4.78, 5) is 1.06. The van der Waals surface area contributed by atoms with Crippen molar-refractivity contribution in [3.63, 3.8) is 0 Å². The van der Waals surface area contributed by atoms with Crippen molar-refractivity contribution >= 4 is 0 Å². The van der Waals surface area contributed by atoms with Gasteiger partial charge in [-0.2, -0.15) is 5.26 Å². The molecule has 0 aliphatic carbocycles. The first-order chi connectivity index (χ1) is 6.11. The van der Waals surface area contributed by atoms with Crippen LogP contribution in [0.1, 0.15) is 0 Å². The number of aliphatic hydroxyl groups excluding tert-OH is 4. The van der Waals surface area contributed by atoms with E-state index in [0.29, 0.717) is 0 Å². The summed E-state index contributed by atoms with van der Waals surface area (Å²) >= 11 is 0. The van der Waals surface area contributed by atoms with Crippen LogP contribution in [0.5, 0.6) is 0 Å². The zero-order valence-electron chi connectivity index (χ0n) is 6.91. The molecule has 0 aromatic carbocycles. The molecule has 74 valence electrons. The summed E-state index contributed by atoms with van der Waals surface area (Å²) in [5.74, 6) is 0. The minimum Gasteiger partial charge on any atom is -0.394 e. The highest BCUT2D eigenvalue weighted by atomic mass is 16.4. The highest BCUT2D eigenvalue weighted by molar-refractivity contribution is 4.98. The lowest BCUT2D eigenvalue weighted by Crippen LogP contribution is -2.61. The zero-order valence-corrected chi connectivity index (χ0v) is 6.91. The Balaban J connectivity index is 2.76. The number of rotatable bonds is 1. The van der Waals surface area contributed by atoms with Gasteiger partial charge in [0.15, 0.2) is 6.19 Å².